The summed E-state index contributed by atoms with van der Waals surface area (Å²) in [4.78, 5) is 29.1. The summed E-state index contributed by atoms with van der Waals surface area (Å²) in [5.74, 6) is -1.86. The van der Waals surface area contributed by atoms with Gasteiger partial charge >= 0.3 is 5.97 Å². The molecule has 2 atom stereocenters. The number of hydrogen-bond acceptors (Lipinski definition) is 6. The first-order valence-electron chi connectivity index (χ1n) is 13.9. The van der Waals surface area contributed by atoms with E-state index < -0.39 is 23.8 Å². The molecule has 2 heterocycles. The summed E-state index contributed by atoms with van der Waals surface area (Å²) in [7, 11) is 1.34. The van der Waals surface area contributed by atoms with Gasteiger partial charge in [0.05, 0.1) is 18.7 Å². The highest BCUT2D eigenvalue weighted by atomic mass is 35.5. The first-order chi connectivity index (χ1) is 20.6. The van der Waals surface area contributed by atoms with E-state index in [1.54, 1.807) is 38.1 Å². The highest BCUT2D eigenvalue weighted by Crippen LogP contribution is 2.38. The van der Waals surface area contributed by atoms with Gasteiger partial charge in [-0.15, -0.1) is 0 Å². The number of phenols is 1. The van der Waals surface area contributed by atoms with Gasteiger partial charge in [0.25, 0.3) is 5.56 Å². The number of carbonyl (C=O) groups is 1. The van der Waals surface area contributed by atoms with Gasteiger partial charge in [-0.1, -0.05) is 72.3 Å². The molecule has 2 N–H and O–H groups in total. The number of ether oxygens (including phenoxy) is 3. The Bertz CT molecular complexity index is 1900. The second-order valence-electron chi connectivity index (χ2n) is 11.0. The predicted octanol–water partition coefficient (Wildman–Crippen LogP) is 7.30. The van der Waals surface area contributed by atoms with Crippen molar-refractivity contribution >= 4 is 28.5 Å². The van der Waals surface area contributed by atoms with Crippen LogP contribution in [0, 0.1) is 0 Å². The minimum Gasteiger partial charge on any atom is -0.507 e. The maximum atomic E-state index is 13.3. The standard InChI is InChI=1S/C35H30ClNO6/c1-35(2)42-19-31(43-35)32(34(40)41-3)23-11-7-10-21(14-23)27-16-24-15-26(28(36)18-29(24)37-33(27)39)22-12-13-25(30(38)17-22)20-8-5-4-6-9-20/h4-18,31-32,38H,19H2,1-3H3,(H,37,39). The van der Waals surface area contributed by atoms with Crippen molar-refractivity contribution in [3.8, 4) is 39.1 Å². The molecule has 1 aliphatic heterocycles. The molecule has 0 spiro atoms. The Balaban J connectivity index is 1.39. The van der Waals surface area contributed by atoms with Crippen LogP contribution in [0.15, 0.2) is 95.8 Å². The van der Waals surface area contributed by atoms with E-state index in [1.165, 1.54) is 7.11 Å². The van der Waals surface area contributed by atoms with Crippen molar-refractivity contribution in [3.05, 3.63) is 112 Å². The number of esters is 1. The number of aromatic nitrogens is 1. The molecule has 1 fully saturated rings. The summed E-state index contributed by atoms with van der Waals surface area (Å²) in [6.45, 7) is 3.83. The first kappa shape index (κ1) is 28.7. The van der Waals surface area contributed by atoms with Crippen molar-refractivity contribution < 1.29 is 24.1 Å². The van der Waals surface area contributed by atoms with Gasteiger partial charge in [-0.05, 0) is 71.8 Å². The Kier molecular flexibility index (Phi) is 7.56. The normalized spacial score (nSPS) is 16.7. The van der Waals surface area contributed by atoms with Crippen LogP contribution in [-0.4, -0.2) is 41.7 Å². The number of hydrogen-bond donors (Lipinski definition) is 2. The predicted molar refractivity (Wildman–Crippen MR) is 167 cm³/mol. The molecule has 0 radical (unpaired) electrons. The summed E-state index contributed by atoms with van der Waals surface area (Å²) in [6, 6.07) is 27.8. The molecule has 6 rings (SSSR count). The number of benzene rings is 4. The fourth-order valence-electron chi connectivity index (χ4n) is 5.63. The van der Waals surface area contributed by atoms with Gasteiger partial charge in [0, 0.05) is 22.2 Å². The SMILES string of the molecule is COC(=O)C(c1cccc(-c2cc3cc(-c4ccc(-c5ccccc5)c(O)c4)c(Cl)cc3[nH]c2=O)c1)C1COC(C)(C)O1. The molecule has 0 bridgehead atoms. The first-order valence-corrected chi connectivity index (χ1v) is 14.3. The van der Waals surface area contributed by atoms with E-state index in [0.717, 1.165) is 22.1 Å². The number of phenolic OH excluding ortho intramolecular Hbond substituents is 1. The summed E-state index contributed by atoms with van der Waals surface area (Å²) in [5.41, 5.74) is 5.07. The van der Waals surface area contributed by atoms with E-state index >= 15 is 0 Å². The summed E-state index contributed by atoms with van der Waals surface area (Å²) in [6.07, 6.45) is -0.540. The van der Waals surface area contributed by atoms with Gasteiger partial charge in [0.2, 0.25) is 0 Å². The van der Waals surface area contributed by atoms with Gasteiger partial charge in [0.1, 0.15) is 17.8 Å². The number of aromatic hydroxyl groups is 1. The fourth-order valence-corrected chi connectivity index (χ4v) is 5.91. The number of carbonyl (C=O) groups excluding carboxylic acids is 1. The van der Waals surface area contributed by atoms with Crippen LogP contribution in [0.25, 0.3) is 44.3 Å². The van der Waals surface area contributed by atoms with Crippen LogP contribution in [0.4, 0.5) is 0 Å². The van der Waals surface area contributed by atoms with Gasteiger partial charge in [-0.3, -0.25) is 9.59 Å². The molecule has 4 aromatic carbocycles. The molecule has 43 heavy (non-hydrogen) atoms. The molecule has 0 aliphatic carbocycles. The highest BCUT2D eigenvalue weighted by molar-refractivity contribution is 6.34. The molecule has 0 amide bonds. The second kappa shape index (κ2) is 11.3. The Morgan fingerprint density at radius 2 is 1.65 bits per heavy atom. The van der Waals surface area contributed by atoms with E-state index in [4.69, 9.17) is 25.8 Å². The Morgan fingerprint density at radius 1 is 0.930 bits per heavy atom. The van der Waals surface area contributed by atoms with Crippen LogP contribution in [-0.2, 0) is 19.0 Å². The van der Waals surface area contributed by atoms with E-state index in [1.807, 2.05) is 66.7 Å². The Hall–Kier alpha value is -4.43. The zero-order chi connectivity index (χ0) is 30.3. The molecule has 5 aromatic rings. The molecule has 2 unspecified atom stereocenters. The lowest BCUT2D eigenvalue weighted by Crippen LogP contribution is -2.31. The molecule has 1 saturated heterocycles. The summed E-state index contributed by atoms with van der Waals surface area (Å²) >= 11 is 6.67. The lowest BCUT2D eigenvalue weighted by atomic mass is 9.91. The number of H-pyrrole nitrogens is 1. The molecular formula is C35H30ClNO6. The average Bonchev–Trinajstić information content (AvgIpc) is 3.35. The summed E-state index contributed by atoms with van der Waals surface area (Å²) in [5, 5.41) is 12.0. The van der Waals surface area contributed by atoms with Gasteiger partial charge in [-0.25, -0.2) is 0 Å². The van der Waals surface area contributed by atoms with Crippen molar-refractivity contribution in [2.45, 2.75) is 31.7 Å². The second-order valence-corrected chi connectivity index (χ2v) is 11.4. The maximum Gasteiger partial charge on any atom is 0.315 e. The lowest BCUT2D eigenvalue weighted by Gasteiger charge is -2.23. The number of rotatable bonds is 6. The number of fused-ring (bicyclic) bond motifs is 1. The maximum absolute atomic E-state index is 13.3. The lowest BCUT2D eigenvalue weighted by molar-refractivity contribution is -0.155. The van der Waals surface area contributed by atoms with Crippen LogP contribution in [0.3, 0.4) is 0 Å². The van der Waals surface area contributed by atoms with E-state index in [-0.39, 0.29) is 17.9 Å². The van der Waals surface area contributed by atoms with Crippen LogP contribution < -0.4 is 5.56 Å². The molecule has 218 valence electrons. The number of pyridine rings is 1. The monoisotopic (exact) mass is 595 g/mol. The van der Waals surface area contributed by atoms with Gasteiger partial charge in [-0.2, -0.15) is 0 Å². The van der Waals surface area contributed by atoms with E-state index in [0.29, 0.717) is 32.8 Å². The molecular weight excluding hydrogens is 566 g/mol. The van der Waals surface area contributed by atoms with Crippen LogP contribution >= 0.6 is 11.6 Å². The van der Waals surface area contributed by atoms with Crippen molar-refractivity contribution in [3.63, 3.8) is 0 Å². The van der Waals surface area contributed by atoms with Crippen molar-refractivity contribution in [1.29, 1.82) is 0 Å². The Morgan fingerprint density at radius 3 is 2.35 bits per heavy atom. The fraction of sp³-hybridized carbons (Fsp3) is 0.200. The Labute approximate surface area is 253 Å². The third kappa shape index (κ3) is 5.67. The van der Waals surface area contributed by atoms with Crippen molar-refractivity contribution in [2.75, 3.05) is 13.7 Å². The quantitative estimate of drug-likeness (QED) is 0.200. The zero-order valence-electron chi connectivity index (χ0n) is 23.9. The van der Waals surface area contributed by atoms with Crippen molar-refractivity contribution in [2.24, 2.45) is 0 Å². The van der Waals surface area contributed by atoms with Crippen LogP contribution in [0.5, 0.6) is 5.75 Å². The van der Waals surface area contributed by atoms with E-state index in [2.05, 4.69) is 4.98 Å². The highest BCUT2D eigenvalue weighted by Gasteiger charge is 2.42. The van der Waals surface area contributed by atoms with E-state index in [9.17, 15) is 14.7 Å². The minimum absolute atomic E-state index is 0.138. The van der Waals surface area contributed by atoms with Crippen LogP contribution in [0.1, 0.15) is 25.3 Å². The smallest absolute Gasteiger partial charge is 0.315 e. The number of halogens is 1. The van der Waals surface area contributed by atoms with Crippen LogP contribution in [0.2, 0.25) is 5.02 Å². The van der Waals surface area contributed by atoms with Crippen molar-refractivity contribution in [1.82, 2.24) is 4.98 Å². The third-order valence-electron chi connectivity index (χ3n) is 7.74. The summed E-state index contributed by atoms with van der Waals surface area (Å²) < 4.78 is 16.8. The van der Waals surface area contributed by atoms with Gasteiger partial charge in [0.15, 0.2) is 5.79 Å². The number of methoxy groups -OCH3 is 1. The molecule has 7 nitrogen and oxygen atoms in total. The average molecular weight is 596 g/mol. The molecule has 8 heteroatoms. The third-order valence-corrected chi connectivity index (χ3v) is 8.05. The molecule has 1 aromatic heterocycles. The molecule has 0 saturated carbocycles. The zero-order valence-corrected chi connectivity index (χ0v) is 24.6. The minimum atomic E-state index is -0.818. The molecule has 1 aliphatic rings. The number of aromatic amines is 1. The number of nitrogens with one attached hydrogen (secondary N) is 1. The largest absolute Gasteiger partial charge is 0.507 e. The topological polar surface area (TPSA) is 97.9 Å². The van der Waals surface area contributed by atoms with Gasteiger partial charge < -0.3 is 24.3 Å².